The van der Waals surface area contributed by atoms with Crippen molar-refractivity contribution in [2.45, 2.75) is 33.6 Å². The fourth-order valence-electron chi connectivity index (χ4n) is 1.05. The molecule has 0 aliphatic carbocycles. The van der Waals surface area contributed by atoms with Gasteiger partial charge < -0.3 is 9.47 Å². The Morgan fingerprint density at radius 2 is 1.73 bits per heavy atom. The Hall–Kier alpha value is -1.32. The second-order valence-electron chi connectivity index (χ2n) is 3.33. The highest BCUT2D eigenvalue weighted by Gasteiger charge is 2.03. The first-order valence-corrected chi connectivity index (χ1v) is 5.37. The van der Waals surface area contributed by atoms with E-state index >= 15 is 0 Å². The second kappa shape index (κ2) is 6.22. The second-order valence-corrected chi connectivity index (χ2v) is 3.33. The molecule has 0 spiro atoms. The first-order chi connectivity index (χ1) is 7.26. The van der Waals surface area contributed by atoms with Crippen molar-refractivity contribution >= 4 is 0 Å². The summed E-state index contributed by atoms with van der Waals surface area (Å²) in [6.45, 7) is 7.31. The smallest absolute Gasteiger partial charge is 0.319 e. The number of aromatic nitrogens is 2. The predicted molar refractivity (Wildman–Crippen MR) is 58.3 cm³/mol. The van der Waals surface area contributed by atoms with Crippen LogP contribution < -0.4 is 9.47 Å². The van der Waals surface area contributed by atoms with Gasteiger partial charge in [0, 0.05) is 11.8 Å². The molecule has 0 atom stereocenters. The summed E-state index contributed by atoms with van der Waals surface area (Å²) in [5.41, 5.74) is 0.863. The number of aryl methyl sites for hydroxylation is 1. The van der Waals surface area contributed by atoms with E-state index in [0.717, 1.165) is 18.5 Å². The molecule has 0 saturated heterocycles. The van der Waals surface area contributed by atoms with E-state index in [9.17, 15) is 0 Å². The minimum Gasteiger partial charge on any atom is -0.478 e. The molecule has 4 nitrogen and oxygen atoms in total. The lowest BCUT2D eigenvalue weighted by molar-refractivity contribution is 0.269. The largest absolute Gasteiger partial charge is 0.478 e. The zero-order valence-electron chi connectivity index (χ0n) is 9.62. The number of hydrogen-bond donors (Lipinski definition) is 0. The summed E-state index contributed by atoms with van der Waals surface area (Å²) in [6.07, 6.45) is 1.91. The number of rotatable bonds is 6. The molecule has 0 N–H and O–H groups in total. The minimum atomic E-state index is 0.406. The maximum Gasteiger partial charge on any atom is 0.319 e. The molecule has 1 rings (SSSR count). The van der Waals surface area contributed by atoms with Crippen molar-refractivity contribution in [1.82, 2.24) is 9.97 Å². The van der Waals surface area contributed by atoms with Gasteiger partial charge in [-0.3, -0.25) is 0 Å². The van der Waals surface area contributed by atoms with Crippen molar-refractivity contribution in [2.24, 2.45) is 0 Å². The molecule has 4 heteroatoms. The van der Waals surface area contributed by atoms with E-state index in [0.29, 0.717) is 25.1 Å². The van der Waals surface area contributed by atoms with E-state index in [2.05, 4.69) is 16.9 Å². The van der Waals surface area contributed by atoms with Crippen LogP contribution in [0.5, 0.6) is 11.9 Å². The maximum absolute atomic E-state index is 5.43. The van der Waals surface area contributed by atoms with Crippen LogP contribution in [0, 0.1) is 6.92 Å². The monoisotopic (exact) mass is 210 g/mol. The van der Waals surface area contributed by atoms with Crippen molar-refractivity contribution in [1.29, 1.82) is 0 Å². The van der Waals surface area contributed by atoms with Crippen LogP contribution in [-0.4, -0.2) is 23.2 Å². The van der Waals surface area contributed by atoms with E-state index in [1.54, 1.807) is 0 Å². The number of hydrogen-bond acceptors (Lipinski definition) is 4. The lowest BCUT2D eigenvalue weighted by Gasteiger charge is -2.07. The Morgan fingerprint density at radius 3 is 2.40 bits per heavy atom. The van der Waals surface area contributed by atoms with Gasteiger partial charge >= 0.3 is 6.01 Å². The van der Waals surface area contributed by atoms with Crippen LogP contribution in [-0.2, 0) is 0 Å². The standard InChI is InChI=1S/C11H18N2O2/c1-4-6-14-10-8-9(3)12-11(13-10)15-7-5-2/h8H,4-7H2,1-3H3. The highest BCUT2D eigenvalue weighted by Crippen LogP contribution is 2.13. The molecule has 1 heterocycles. The molecule has 0 bridgehead atoms. The maximum atomic E-state index is 5.43. The van der Waals surface area contributed by atoms with Gasteiger partial charge in [-0.1, -0.05) is 13.8 Å². The number of nitrogens with zero attached hydrogens (tertiary/aromatic N) is 2. The molecule has 0 radical (unpaired) electrons. The van der Waals surface area contributed by atoms with E-state index in [4.69, 9.17) is 9.47 Å². The fraction of sp³-hybridized carbons (Fsp3) is 0.636. The van der Waals surface area contributed by atoms with Crippen molar-refractivity contribution in [3.63, 3.8) is 0 Å². The van der Waals surface area contributed by atoms with Crippen LogP contribution in [0.25, 0.3) is 0 Å². The first kappa shape index (κ1) is 11.8. The van der Waals surface area contributed by atoms with Gasteiger partial charge in [0.1, 0.15) is 0 Å². The van der Waals surface area contributed by atoms with Gasteiger partial charge in [-0.25, -0.2) is 4.98 Å². The fourth-order valence-corrected chi connectivity index (χ4v) is 1.05. The van der Waals surface area contributed by atoms with Gasteiger partial charge in [0.2, 0.25) is 5.88 Å². The highest BCUT2D eigenvalue weighted by molar-refractivity contribution is 5.17. The zero-order chi connectivity index (χ0) is 11.1. The Bertz CT molecular complexity index is 276. The van der Waals surface area contributed by atoms with Crippen molar-refractivity contribution in [3.05, 3.63) is 11.8 Å². The molecular formula is C11H18N2O2. The Morgan fingerprint density at radius 1 is 1.07 bits per heavy atom. The average Bonchev–Trinajstić information content (AvgIpc) is 2.23. The summed E-state index contributed by atoms with van der Waals surface area (Å²) >= 11 is 0. The SMILES string of the molecule is CCCOc1cc(C)nc(OCCC)n1. The quantitative estimate of drug-likeness (QED) is 0.723. The Labute approximate surface area is 90.7 Å². The topological polar surface area (TPSA) is 44.2 Å². The van der Waals surface area contributed by atoms with Crippen LogP contribution in [0.1, 0.15) is 32.4 Å². The molecule has 0 aromatic carbocycles. The Balaban J connectivity index is 2.66. The van der Waals surface area contributed by atoms with E-state index in [1.165, 1.54) is 0 Å². The molecule has 1 aromatic heterocycles. The van der Waals surface area contributed by atoms with Crippen LogP contribution in [0.15, 0.2) is 6.07 Å². The van der Waals surface area contributed by atoms with Gasteiger partial charge in [-0.2, -0.15) is 4.98 Å². The van der Waals surface area contributed by atoms with E-state index in [1.807, 2.05) is 19.9 Å². The Kier molecular flexibility index (Phi) is 4.87. The minimum absolute atomic E-state index is 0.406. The molecule has 1 aromatic rings. The molecule has 0 fully saturated rings. The lowest BCUT2D eigenvalue weighted by Crippen LogP contribution is -2.04. The van der Waals surface area contributed by atoms with Crippen LogP contribution >= 0.6 is 0 Å². The molecule has 0 amide bonds. The summed E-state index contributed by atoms with van der Waals surface area (Å²) in [5.74, 6) is 0.593. The molecule has 0 aliphatic rings. The van der Waals surface area contributed by atoms with Crippen LogP contribution in [0.2, 0.25) is 0 Å². The van der Waals surface area contributed by atoms with Gasteiger partial charge in [0.05, 0.1) is 13.2 Å². The van der Waals surface area contributed by atoms with Crippen molar-refractivity contribution in [2.75, 3.05) is 13.2 Å². The zero-order valence-corrected chi connectivity index (χ0v) is 9.62. The average molecular weight is 210 g/mol. The molecule has 15 heavy (non-hydrogen) atoms. The molecular weight excluding hydrogens is 192 g/mol. The predicted octanol–water partition coefficient (Wildman–Crippen LogP) is 2.36. The van der Waals surface area contributed by atoms with E-state index in [-0.39, 0.29) is 0 Å². The van der Waals surface area contributed by atoms with Gasteiger partial charge in [-0.05, 0) is 19.8 Å². The van der Waals surface area contributed by atoms with E-state index < -0.39 is 0 Å². The molecule has 84 valence electrons. The number of ether oxygens (including phenoxy) is 2. The van der Waals surface area contributed by atoms with Crippen molar-refractivity contribution in [3.8, 4) is 11.9 Å². The third-order valence-electron chi connectivity index (χ3n) is 1.70. The highest BCUT2D eigenvalue weighted by atomic mass is 16.5. The van der Waals surface area contributed by atoms with Crippen LogP contribution in [0.3, 0.4) is 0 Å². The summed E-state index contributed by atoms with van der Waals surface area (Å²) < 4.78 is 10.8. The molecule has 0 aliphatic heterocycles. The summed E-state index contributed by atoms with van der Waals surface area (Å²) in [6, 6.07) is 2.22. The normalized spacial score (nSPS) is 10.1. The lowest BCUT2D eigenvalue weighted by atomic mass is 10.4. The molecule has 0 unspecified atom stereocenters. The van der Waals surface area contributed by atoms with Gasteiger partial charge in [0.15, 0.2) is 0 Å². The summed E-state index contributed by atoms with van der Waals surface area (Å²) in [5, 5.41) is 0. The first-order valence-electron chi connectivity index (χ1n) is 5.37. The van der Waals surface area contributed by atoms with Crippen molar-refractivity contribution < 1.29 is 9.47 Å². The summed E-state index contributed by atoms with van der Waals surface area (Å²) in [4.78, 5) is 8.32. The third kappa shape index (κ3) is 4.14. The summed E-state index contributed by atoms with van der Waals surface area (Å²) in [7, 11) is 0. The van der Waals surface area contributed by atoms with Crippen LogP contribution in [0.4, 0.5) is 0 Å². The molecule has 0 saturated carbocycles. The third-order valence-corrected chi connectivity index (χ3v) is 1.70. The van der Waals surface area contributed by atoms with Gasteiger partial charge in [0.25, 0.3) is 0 Å². The van der Waals surface area contributed by atoms with Gasteiger partial charge in [-0.15, -0.1) is 0 Å².